The number of nitrogens with one attached hydrogen (secondary N) is 1. The van der Waals surface area contributed by atoms with Crippen LogP contribution in [-0.4, -0.2) is 18.9 Å². The smallest absolute Gasteiger partial charge is 0.288 e. The third-order valence-corrected chi connectivity index (χ3v) is 3.89. The Morgan fingerprint density at radius 1 is 1.12 bits per heavy atom. The maximum atomic E-state index is 12.7. The Bertz CT molecular complexity index is 902. The SMILES string of the molecule is COCc1c(C(=O)NC(C(N)=O)c2ccccc2)oc2ccccc12. The van der Waals surface area contributed by atoms with Crippen molar-refractivity contribution >= 4 is 22.8 Å². The lowest BCUT2D eigenvalue weighted by atomic mass is 10.1. The van der Waals surface area contributed by atoms with Crippen LogP contribution in [-0.2, 0) is 16.1 Å². The number of hydrogen-bond acceptors (Lipinski definition) is 4. The van der Waals surface area contributed by atoms with Crippen LogP contribution in [0.5, 0.6) is 0 Å². The van der Waals surface area contributed by atoms with E-state index >= 15 is 0 Å². The van der Waals surface area contributed by atoms with Crippen molar-refractivity contribution in [3.8, 4) is 0 Å². The Labute approximate surface area is 144 Å². The predicted octanol–water partition coefficient (Wildman–Crippen LogP) is 2.54. The van der Waals surface area contributed by atoms with Crippen molar-refractivity contribution in [3.05, 3.63) is 71.5 Å². The van der Waals surface area contributed by atoms with E-state index in [2.05, 4.69) is 5.32 Å². The first-order chi connectivity index (χ1) is 12.1. The van der Waals surface area contributed by atoms with Gasteiger partial charge in [0.15, 0.2) is 5.76 Å². The molecule has 1 aromatic heterocycles. The second-order valence-electron chi connectivity index (χ2n) is 5.56. The molecule has 1 heterocycles. The summed E-state index contributed by atoms with van der Waals surface area (Å²) >= 11 is 0. The van der Waals surface area contributed by atoms with Gasteiger partial charge in [0, 0.05) is 18.1 Å². The van der Waals surface area contributed by atoms with Crippen LogP contribution in [0, 0.1) is 0 Å². The summed E-state index contributed by atoms with van der Waals surface area (Å²) in [5, 5.41) is 3.44. The molecule has 1 atom stereocenters. The molecule has 2 amide bonds. The largest absolute Gasteiger partial charge is 0.451 e. The van der Waals surface area contributed by atoms with Gasteiger partial charge in [-0.15, -0.1) is 0 Å². The van der Waals surface area contributed by atoms with Crippen molar-refractivity contribution in [2.75, 3.05) is 7.11 Å². The molecule has 2 aromatic carbocycles. The van der Waals surface area contributed by atoms with Gasteiger partial charge in [0.1, 0.15) is 11.6 Å². The number of amides is 2. The van der Waals surface area contributed by atoms with Gasteiger partial charge in [-0.25, -0.2) is 0 Å². The molecule has 25 heavy (non-hydrogen) atoms. The second kappa shape index (κ2) is 7.19. The molecule has 0 saturated heterocycles. The van der Waals surface area contributed by atoms with Gasteiger partial charge in [-0.1, -0.05) is 48.5 Å². The fourth-order valence-corrected chi connectivity index (χ4v) is 2.73. The zero-order valence-corrected chi connectivity index (χ0v) is 13.7. The number of carbonyl (C=O) groups is 2. The summed E-state index contributed by atoms with van der Waals surface area (Å²) in [7, 11) is 1.54. The Hall–Kier alpha value is -3.12. The van der Waals surface area contributed by atoms with E-state index < -0.39 is 17.9 Å². The molecule has 3 N–H and O–H groups in total. The molecule has 0 bridgehead atoms. The number of ether oxygens (including phenoxy) is 1. The number of para-hydroxylation sites is 1. The third kappa shape index (κ3) is 3.39. The summed E-state index contributed by atoms with van der Waals surface area (Å²) in [6, 6.07) is 15.2. The van der Waals surface area contributed by atoms with Gasteiger partial charge < -0.3 is 20.2 Å². The monoisotopic (exact) mass is 338 g/mol. The highest BCUT2D eigenvalue weighted by Gasteiger charge is 2.25. The zero-order chi connectivity index (χ0) is 17.8. The molecule has 0 aliphatic heterocycles. The average molecular weight is 338 g/mol. The molecule has 6 nitrogen and oxygen atoms in total. The number of furan rings is 1. The minimum atomic E-state index is -0.947. The normalized spacial score (nSPS) is 12.0. The van der Waals surface area contributed by atoms with E-state index in [1.807, 2.05) is 24.3 Å². The maximum absolute atomic E-state index is 12.7. The van der Waals surface area contributed by atoms with Gasteiger partial charge in [0.2, 0.25) is 5.91 Å². The first kappa shape index (κ1) is 16.7. The van der Waals surface area contributed by atoms with Crippen LogP contribution < -0.4 is 11.1 Å². The average Bonchev–Trinajstić information content (AvgIpc) is 2.99. The van der Waals surface area contributed by atoms with Crippen LogP contribution in [0.3, 0.4) is 0 Å². The summed E-state index contributed by atoms with van der Waals surface area (Å²) in [6.45, 7) is 0.215. The highest BCUT2D eigenvalue weighted by Crippen LogP contribution is 2.27. The van der Waals surface area contributed by atoms with Crippen LogP contribution in [0.2, 0.25) is 0 Å². The van der Waals surface area contributed by atoms with E-state index in [0.29, 0.717) is 16.7 Å². The van der Waals surface area contributed by atoms with E-state index in [9.17, 15) is 9.59 Å². The van der Waals surface area contributed by atoms with Crippen molar-refractivity contribution in [2.45, 2.75) is 12.6 Å². The van der Waals surface area contributed by atoms with Crippen molar-refractivity contribution in [1.82, 2.24) is 5.32 Å². The molecule has 0 spiro atoms. The van der Waals surface area contributed by atoms with Crippen LogP contribution in [0.15, 0.2) is 59.0 Å². The minimum Gasteiger partial charge on any atom is -0.451 e. The zero-order valence-electron chi connectivity index (χ0n) is 13.7. The molecule has 1 unspecified atom stereocenters. The molecular formula is C19H18N2O4. The van der Waals surface area contributed by atoms with Crippen molar-refractivity contribution in [3.63, 3.8) is 0 Å². The van der Waals surface area contributed by atoms with Crippen molar-refractivity contribution in [2.24, 2.45) is 5.73 Å². The molecule has 0 aliphatic rings. The number of hydrogen-bond donors (Lipinski definition) is 2. The number of nitrogens with two attached hydrogens (primary N) is 1. The van der Waals surface area contributed by atoms with Gasteiger partial charge in [-0.3, -0.25) is 9.59 Å². The number of methoxy groups -OCH3 is 1. The van der Waals surface area contributed by atoms with E-state index in [1.165, 1.54) is 0 Å². The summed E-state index contributed by atoms with van der Waals surface area (Å²) in [5.74, 6) is -1.05. The lowest BCUT2D eigenvalue weighted by Crippen LogP contribution is -2.37. The highest BCUT2D eigenvalue weighted by molar-refractivity contribution is 6.01. The van der Waals surface area contributed by atoms with Crippen LogP contribution in [0.1, 0.15) is 27.7 Å². The molecule has 0 fully saturated rings. The molecule has 3 aromatic rings. The summed E-state index contributed by atoms with van der Waals surface area (Å²) < 4.78 is 10.9. The first-order valence-electron chi connectivity index (χ1n) is 7.76. The lowest BCUT2D eigenvalue weighted by Gasteiger charge is -2.15. The van der Waals surface area contributed by atoms with Crippen LogP contribution >= 0.6 is 0 Å². The lowest BCUT2D eigenvalue weighted by molar-refractivity contribution is -0.120. The predicted molar refractivity (Wildman–Crippen MR) is 92.8 cm³/mol. The van der Waals surface area contributed by atoms with E-state index in [0.717, 1.165) is 5.39 Å². The highest BCUT2D eigenvalue weighted by atomic mass is 16.5. The maximum Gasteiger partial charge on any atom is 0.288 e. The van der Waals surface area contributed by atoms with E-state index in [1.54, 1.807) is 37.4 Å². The topological polar surface area (TPSA) is 94.6 Å². The Kier molecular flexibility index (Phi) is 4.81. The summed E-state index contributed by atoms with van der Waals surface area (Å²) in [6.07, 6.45) is 0. The summed E-state index contributed by atoms with van der Waals surface area (Å²) in [4.78, 5) is 24.5. The molecule has 0 saturated carbocycles. The van der Waals surface area contributed by atoms with Gasteiger partial charge in [-0.2, -0.15) is 0 Å². The minimum absolute atomic E-state index is 0.116. The number of rotatable bonds is 6. The fourth-order valence-electron chi connectivity index (χ4n) is 2.73. The molecule has 0 radical (unpaired) electrons. The van der Waals surface area contributed by atoms with E-state index in [-0.39, 0.29) is 12.4 Å². The van der Waals surface area contributed by atoms with E-state index in [4.69, 9.17) is 14.9 Å². The van der Waals surface area contributed by atoms with Crippen molar-refractivity contribution < 1.29 is 18.7 Å². The summed E-state index contributed by atoms with van der Waals surface area (Å²) in [5.41, 5.74) is 7.27. The number of benzene rings is 2. The fraction of sp³-hybridized carbons (Fsp3) is 0.158. The molecule has 128 valence electrons. The number of primary amides is 1. The van der Waals surface area contributed by atoms with Gasteiger partial charge >= 0.3 is 0 Å². The van der Waals surface area contributed by atoms with Crippen molar-refractivity contribution in [1.29, 1.82) is 0 Å². The Balaban J connectivity index is 1.96. The van der Waals surface area contributed by atoms with Gasteiger partial charge in [0.05, 0.1) is 6.61 Å². The number of carbonyl (C=O) groups excluding carboxylic acids is 2. The van der Waals surface area contributed by atoms with Crippen LogP contribution in [0.25, 0.3) is 11.0 Å². The Morgan fingerprint density at radius 2 is 1.80 bits per heavy atom. The molecule has 0 aliphatic carbocycles. The molecular weight excluding hydrogens is 320 g/mol. The number of fused-ring (bicyclic) bond motifs is 1. The first-order valence-corrected chi connectivity index (χ1v) is 7.76. The van der Waals surface area contributed by atoms with Crippen LogP contribution in [0.4, 0.5) is 0 Å². The quantitative estimate of drug-likeness (QED) is 0.722. The van der Waals surface area contributed by atoms with Gasteiger partial charge in [-0.05, 0) is 11.6 Å². The molecule has 6 heteroatoms. The second-order valence-corrected chi connectivity index (χ2v) is 5.56. The Morgan fingerprint density at radius 3 is 2.48 bits per heavy atom. The standard InChI is InChI=1S/C19H18N2O4/c1-24-11-14-13-9-5-6-10-15(13)25-17(14)19(23)21-16(18(20)22)12-7-3-2-4-8-12/h2-10,16H,11H2,1H3,(H2,20,22)(H,21,23). The molecule has 3 rings (SSSR count). The third-order valence-electron chi connectivity index (χ3n) is 3.89. The van der Waals surface area contributed by atoms with Gasteiger partial charge in [0.25, 0.3) is 5.91 Å².